The van der Waals surface area contributed by atoms with Crippen LogP contribution in [0.25, 0.3) is 33.7 Å². The first-order valence-corrected chi connectivity index (χ1v) is 17.2. The monoisotopic (exact) mass is 642 g/mol. The van der Waals surface area contributed by atoms with Crippen molar-refractivity contribution in [2.75, 3.05) is 9.80 Å². The Bertz CT molecular complexity index is 2400. The molecule has 0 aliphatic rings. The Kier molecular flexibility index (Phi) is 8.42. The maximum Gasteiger partial charge on any atom is 0.0546 e. The zero-order chi connectivity index (χ0) is 33.9. The van der Waals surface area contributed by atoms with Crippen LogP contribution in [0.3, 0.4) is 0 Å². The van der Waals surface area contributed by atoms with Crippen LogP contribution >= 0.6 is 0 Å². The Morgan fingerprint density at radius 3 is 1.38 bits per heavy atom. The van der Waals surface area contributed by atoms with Gasteiger partial charge in [-0.15, -0.1) is 0 Å². The van der Waals surface area contributed by atoms with Crippen molar-refractivity contribution >= 4 is 67.8 Å². The molecule has 0 amide bonds. The Balaban J connectivity index is 1.10. The molecule has 0 saturated heterocycles. The van der Waals surface area contributed by atoms with E-state index in [1.54, 1.807) is 0 Å². The lowest BCUT2D eigenvalue weighted by molar-refractivity contribution is 1.26. The molecule has 0 aromatic heterocycles. The number of hydrogen-bond donors (Lipinski definition) is 0. The number of fused-ring (bicyclic) bond motifs is 3. The van der Waals surface area contributed by atoms with E-state index in [2.05, 4.69) is 218 Å². The van der Waals surface area contributed by atoms with Crippen LogP contribution in [0, 0.1) is 13.8 Å². The van der Waals surface area contributed by atoms with Crippen LogP contribution in [0.4, 0.5) is 34.1 Å². The van der Waals surface area contributed by atoms with Crippen molar-refractivity contribution < 1.29 is 0 Å². The second-order valence-corrected chi connectivity index (χ2v) is 12.9. The van der Waals surface area contributed by atoms with Gasteiger partial charge in [-0.1, -0.05) is 127 Å². The van der Waals surface area contributed by atoms with Crippen molar-refractivity contribution in [3.8, 4) is 0 Å². The predicted molar refractivity (Wildman–Crippen MR) is 216 cm³/mol. The molecular weight excluding hydrogens is 605 g/mol. The summed E-state index contributed by atoms with van der Waals surface area (Å²) < 4.78 is 0. The Morgan fingerprint density at radius 2 is 0.800 bits per heavy atom. The summed E-state index contributed by atoms with van der Waals surface area (Å²) in [6.45, 7) is 4.28. The van der Waals surface area contributed by atoms with E-state index in [4.69, 9.17) is 0 Å². The smallest absolute Gasteiger partial charge is 0.0546 e. The summed E-state index contributed by atoms with van der Waals surface area (Å²) in [5.74, 6) is 0. The van der Waals surface area contributed by atoms with Crippen molar-refractivity contribution in [2.24, 2.45) is 0 Å². The number of para-hydroxylation sites is 1. The molecule has 8 aromatic carbocycles. The van der Waals surface area contributed by atoms with Crippen LogP contribution in [-0.4, -0.2) is 0 Å². The van der Waals surface area contributed by atoms with Gasteiger partial charge < -0.3 is 9.80 Å². The lowest BCUT2D eigenvalue weighted by Gasteiger charge is -2.27. The molecule has 0 fully saturated rings. The third kappa shape index (κ3) is 6.27. The van der Waals surface area contributed by atoms with Gasteiger partial charge in [0.05, 0.1) is 5.69 Å². The zero-order valence-corrected chi connectivity index (χ0v) is 28.4. The zero-order valence-electron chi connectivity index (χ0n) is 28.4. The number of aryl methyl sites for hydroxylation is 2. The highest BCUT2D eigenvalue weighted by atomic mass is 15.1. The van der Waals surface area contributed by atoms with Gasteiger partial charge in [0.1, 0.15) is 0 Å². The molecule has 8 aromatic rings. The SMILES string of the molecule is Cc1cccc(N(c2ccc(/C=C/c3ccc(N(c4ccccc4)c4cc5ccccc5c5ccccc45)cc3)cc2)c2cccc(C)c2)c1. The molecule has 2 nitrogen and oxygen atoms in total. The van der Waals surface area contributed by atoms with Crippen molar-refractivity contribution in [1.29, 1.82) is 0 Å². The van der Waals surface area contributed by atoms with Crippen LogP contribution in [0.1, 0.15) is 22.3 Å². The largest absolute Gasteiger partial charge is 0.310 e. The molecule has 240 valence electrons. The average molecular weight is 643 g/mol. The van der Waals surface area contributed by atoms with Crippen LogP contribution in [0.2, 0.25) is 0 Å². The van der Waals surface area contributed by atoms with Crippen molar-refractivity contribution in [3.63, 3.8) is 0 Å². The molecule has 0 aliphatic heterocycles. The number of rotatable bonds is 8. The van der Waals surface area contributed by atoms with Gasteiger partial charge in [-0.25, -0.2) is 0 Å². The number of hydrogen-bond acceptors (Lipinski definition) is 2. The maximum atomic E-state index is 2.37. The van der Waals surface area contributed by atoms with E-state index < -0.39 is 0 Å². The molecule has 0 unspecified atom stereocenters. The summed E-state index contributed by atoms with van der Waals surface area (Å²) in [5.41, 5.74) is 11.6. The van der Waals surface area contributed by atoms with Gasteiger partial charge >= 0.3 is 0 Å². The third-order valence-corrected chi connectivity index (χ3v) is 9.29. The molecule has 2 heteroatoms. The number of benzene rings is 8. The minimum atomic E-state index is 1.12. The summed E-state index contributed by atoms with van der Waals surface area (Å²) in [7, 11) is 0. The topological polar surface area (TPSA) is 6.48 Å². The second-order valence-electron chi connectivity index (χ2n) is 12.9. The quantitative estimate of drug-likeness (QED) is 0.120. The van der Waals surface area contributed by atoms with Gasteiger partial charge in [0.25, 0.3) is 0 Å². The van der Waals surface area contributed by atoms with Crippen LogP contribution < -0.4 is 9.80 Å². The van der Waals surface area contributed by atoms with Gasteiger partial charge in [-0.05, 0) is 119 Å². The molecule has 0 N–H and O–H groups in total. The lowest BCUT2D eigenvalue weighted by Crippen LogP contribution is -2.10. The van der Waals surface area contributed by atoms with E-state index in [0.717, 1.165) is 39.6 Å². The molecule has 0 spiro atoms. The maximum absolute atomic E-state index is 2.37. The molecule has 0 bridgehead atoms. The van der Waals surface area contributed by atoms with Gasteiger partial charge in [0.2, 0.25) is 0 Å². The van der Waals surface area contributed by atoms with Crippen LogP contribution in [0.15, 0.2) is 182 Å². The third-order valence-electron chi connectivity index (χ3n) is 9.29. The Morgan fingerprint density at radius 1 is 0.340 bits per heavy atom. The molecular formula is C48H38N2. The molecule has 0 saturated carbocycles. The Labute approximate surface area is 294 Å². The van der Waals surface area contributed by atoms with Crippen molar-refractivity contribution in [3.05, 3.63) is 204 Å². The molecule has 0 atom stereocenters. The average Bonchev–Trinajstić information content (AvgIpc) is 3.16. The van der Waals surface area contributed by atoms with E-state index in [-0.39, 0.29) is 0 Å². The van der Waals surface area contributed by atoms with Gasteiger partial charge in [0, 0.05) is 33.8 Å². The van der Waals surface area contributed by atoms with Gasteiger partial charge in [-0.3, -0.25) is 0 Å². The van der Waals surface area contributed by atoms with E-state index in [9.17, 15) is 0 Å². The summed E-state index contributed by atoms with van der Waals surface area (Å²) in [6.07, 6.45) is 4.38. The fourth-order valence-corrected chi connectivity index (χ4v) is 6.87. The van der Waals surface area contributed by atoms with Gasteiger partial charge in [-0.2, -0.15) is 0 Å². The van der Waals surface area contributed by atoms with Gasteiger partial charge in [0.15, 0.2) is 0 Å². The standard InChI is InChI=1S/C48H38N2/c1-35-12-10-17-43(32-35)49(44-18-11-13-36(2)33-44)41-28-24-37(25-29-41)22-23-38-26-30-42(31-27-38)50(40-15-4-3-5-16-40)48-34-39-14-6-7-19-45(39)46-20-8-9-21-47(46)48/h3-34H,1-2H3/b23-22+. The molecule has 0 aliphatic carbocycles. The fraction of sp³-hybridized carbons (Fsp3) is 0.0417. The highest BCUT2D eigenvalue weighted by molar-refractivity contribution is 6.14. The van der Waals surface area contributed by atoms with E-state index in [0.29, 0.717) is 0 Å². The van der Waals surface area contributed by atoms with Crippen LogP contribution in [-0.2, 0) is 0 Å². The number of nitrogens with zero attached hydrogens (tertiary/aromatic N) is 2. The van der Waals surface area contributed by atoms with E-state index in [1.165, 1.54) is 38.4 Å². The second kappa shape index (κ2) is 13.6. The highest BCUT2D eigenvalue weighted by Gasteiger charge is 2.17. The Hall–Kier alpha value is -6.38. The molecule has 0 radical (unpaired) electrons. The minimum Gasteiger partial charge on any atom is -0.310 e. The molecule has 50 heavy (non-hydrogen) atoms. The number of anilines is 6. The normalized spacial score (nSPS) is 11.3. The lowest BCUT2D eigenvalue weighted by atomic mass is 9.99. The van der Waals surface area contributed by atoms with Crippen LogP contribution in [0.5, 0.6) is 0 Å². The predicted octanol–water partition coefficient (Wildman–Crippen LogP) is 13.7. The highest BCUT2D eigenvalue weighted by Crippen LogP contribution is 2.42. The first kappa shape index (κ1) is 30.9. The summed E-state index contributed by atoms with van der Waals surface area (Å²) in [4.78, 5) is 4.69. The summed E-state index contributed by atoms with van der Waals surface area (Å²) in [6, 6.07) is 65.4. The first-order valence-electron chi connectivity index (χ1n) is 17.2. The molecule has 0 heterocycles. The first-order chi connectivity index (χ1) is 24.6. The van der Waals surface area contributed by atoms with Crippen molar-refractivity contribution in [2.45, 2.75) is 13.8 Å². The molecule has 8 rings (SSSR count). The van der Waals surface area contributed by atoms with E-state index in [1.807, 2.05) is 0 Å². The van der Waals surface area contributed by atoms with Crippen molar-refractivity contribution in [1.82, 2.24) is 0 Å². The summed E-state index contributed by atoms with van der Waals surface area (Å²) in [5, 5.41) is 4.99. The minimum absolute atomic E-state index is 1.12. The summed E-state index contributed by atoms with van der Waals surface area (Å²) >= 11 is 0. The fourth-order valence-electron chi connectivity index (χ4n) is 6.87. The van der Waals surface area contributed by atoms with E-state index >= 15 is 0 Å².